The van der Waals surface area contributed by atoms with E-state index < -0.39 is 6.10 Å². The summed E-state index contributed by atoms with van der Waals surface area (Å²) in [5.74, 6) is 0.550. The smallest absolute Gasteiger partial charge is 0.144 e. The Hall–Kier alpha value is -1.36. The molecule has 2 aromatic rings. The van der Waals surface area contributed by atoms with E-state index in [9.17, 15) is 5.11 Å². The lowest BCUT2D eigenvalue weighted by atomic mass is 10.1. The molecule has 0 radical (unpaired) electrons. The second kappa shape index (κ2) is 5.31. The summed E-state index contributed by atoms with van der Waals surface area (Å²) in [5, 5.41) is 10.8. The van der Waals surface area contributed by atoms with E-state index in [2.05, 4.69) is 4.98 Å². The van der Waals surface area contributed by atoms with Gasteiger partial charge >= 0.3 is 0 Å². The molecule has 1 unspecified atom stereocenters. The van der Waals surface area contributed by atoms with Crippen molar-refractivity contribution in [3.63, 3.8) is 0 Å². The number of halogens is 1. The Labute approximate surface area is 104 Å². The SMILES string of the molecule is COCn1ccnc1C(O)c1ccc(Cl)cc1. The fourth-order valence-corrected chi connectivity index (χ4v) is 1.74. The summed E-state index contributed by atoms with van der Waals surface area (Å²) in [7, 11) is 1.60. The maximum absolute atomic E-state index is 10.2. The molecule has 0 aliphatic heterocycles. The van der Waals surface area contributed by atoms with Crippen molar-refractivity contribution in [1.82, 2.24) is 9.55 Å². The number of imidazole rings is 1. The highest BCUT2D eigenvalue weighted by molar-refractivity contribution is 6.30. The molecule has 1 N–H and O–H groups in total. The third-order valence-electron chi connectivity index (χ3n) is 2.45. The summed E-state index contributed by atoms with van der Waals surface area (Å²) < 4.78 is 6.77. The number of ether oxygens (including phenoxy) is 1. The summed E-state index contributed by atoms with van der Waals surface area (Å²) in [4.78, 5) is 4.13. The number of hydrogen-bond donors (Lipinski definition) is 1. The normalized spacial score (nSPS) is 12.6. The van der Waals surface area contributed by atoms with Crippen LogP contribution in [0.25, 0.3) is 0 Å². The van der Waals surface area contributed by atoms with Crippen LogP contribution in [-0.4, -0.2) is 21.8 Å². The molecule has 0 amide bonds. The zero-order chi connectivity index (χ0) is 12.3. The standard InChI is InChI=1S/C12H13ClN2O2/c1-17-8-15-7-6-14-12(15)11(16)9-2-4-10(13)5-3-9/h2-7,11,16H,8H2,1H3. The number of hydrogen-bond acceptors (Lipinski definition) is 3. The third kappa shape index (κ3) is 2.66. The lowest BCUT2D eigenvalue weighted by Crippen LogP contribution is -2.10. The van der Waals surface area contributed by atoms with Gasteiger partial charge in [0.2, 0.25) is 0 Å². The van der Waals surface area contributed by atoms with E-state index in [1.165, 1.54) is 0 Å². The summed E-state index contributed by atoms with van der Waals surface area (Å²) in [6.07, 6.45) is 2.61. The largest absolute Gasteiger partial charge is 0.380 e. The van der Waals surface area contributed by atoms with Crippen LogP contribution >= 0.6 is 11.6 Å². The minimum absolute atomic E-state index is 0.361. The minimum atomic E-state index is -0.780. The molecule has 1 heterocycles. The number of rotatable bonds is 4. The van der Waals surface area contributed by atoms with E-state index >= 15 is 0 Å². The molecule has 0 aliphatic carbocycles. The van der Waals surface area contributed by atoms with Crippen molar-refractivity contribution in [2.75, 3.05) is 7.11 Å². The number of aliphatic hydroxyl groups excluding tert-OH is 1. The van der Waals surface area contributed by atoms with Crippen LogP contribution in [0.2, 0.25) is 5.02 Å². The highest BCUT2D eigenvalue weighted by Crippen LogP contribution is 2.22. The van der Waals surface area contributed by atoms with Gasteiger partial charge in [0.1, 0.15) is 18.7 Å². The predicted molar refractivity (Wildman–Crippen MR) is 64.7 cm³/mol. The van der Waals surface area contributed by atoms with Crippen LogP contribution in [0.5, 0.6) is 0 Å². The molecule has 0 fully saturated rings. The van der Waals surface area contributed by atoms with Gasteiger partial charge in [0.25, 0.3) is 0 Å². The first-order valence-corrected chi connectivity index (χ1v) is 5.53. The number of nitrogens with zero attached hydrogens (tertiary/aromatic N) is 2. The number of aliphatic hydroxyl groups is 1. The lowest BCUT2D eigenvalue weighted by Gasteiger charge is -2.13. The van der Waals surface area contributed by atoms with Crippen molar-refractivity contribution in [1.29, 1.82) is 0 Å². The molecule has 1 aromatic carbocycles. The van der Waals surface area contributed by atoms with Crippen LogP contribution in [0, 0.1) is 0 Å². The van der Waals surface area contributed by atoms with Crippen LogP contribution in [0.1, 0.15) is 17.5 Å². The molecule has 90 valence electrons. The molecule has 1 aromatic heterocycles. The molecule has 0 spiro atoms. The van der Waals surface area contributed by atoms with Crippen LogP contribution in [0.4, 0.5) is 0 Å². The maximum Gasteiger partial charge on any atom is 0.144 e. The summed E-state index contributed by atoms with van der Waals surface area (Å²) in [5.41, 5.74) is 0.748. The van der Waals surface area contributed by atoms with Crippen LogP contribution in [0.15, 0.2) is 36.7 Å². The molecule has 2 rings (SSSR count). The highest BCUT2D eigenvalue weighted by atomic mass is 35.5. The van der Waals surface area contributed by atoms with Crippen LogP contribution in [-0.2, 0) is 11.5 Å². The predicted octanol–water partition coefficient (Wildman–Crippen LogP) is 2.22. The second-order valence-electron chi connectivity index (χ2n) is 3.63. The van der Waals surface area contributed by atoms with E-state index in [0.29, 0.717) is 17.6 Å². The topological polar surface area (TPSA) is 47.3 Å². The molecule has 0 aliphatic rings. The summed E-state index contributed by atoms with van der Waals surface area (Å²) >= 11 is 5.80. The fourth-order valence-electron chi connectivity index (χ4n) is 1.61. The van der Waals surface area contributed by atoms with E-state index in [4.69, 9.17) is 16.3 Å². The summed E-state index contributed by atoms with van der Waals surface area (Å²) in [6.45, 7) is 0.361. The van der Waals surface area contributed by atoms with Crippen molar-refractivity contribution in [2.24, 2.45) is 0 Å². The van der Waals surface area contributed by atoms with Gasteiger partial charge in [0.15, 0.2) is 0 Å². The van der Waals surface area contributed by atoms with Gasteiger partial charge in [0.05, 0.1) is 0 Å². The van der Waals surface area contributed by atoms with E-state index in [1.807, 2.05) is 0 Å². The average molecular weight is 253 g/mol. The fraction of sp³-hybridized carbons (Fsp3) is 0.250. The molecule has 5 heteroatoms. The monoisotopic (exact) mass is 252 g/mol. The van der Waals surface area contributed by atoms with E-state index in [1.54, 1.807) is 48.3 Å². The van der Waals surface area contributed by atoms with Gasteiger partial charge < -0.3 is 14.4 Å². The van der Waals surface area contributed by atoms with Crippen molar-refractivity contribution >= 4 is 11.6 Å². The average Bonchev–Trinajstić information content (AvgIpc) is 2.78. The molecule has 0 saturated carbocycles. The van der Waals surface area contributed by atoms with Gasteiger partial charge in [-0.1, -0.05) is 23.7 Å². The number of aromatic nitrogens is 2. The molecular formula is C12H13ClN2O2. The van der Waals surface area contributed by atoms with Gasteiger partial charge in [-0.25, -0.2) is 4.98 Å². The first kappa shape index (κ1) is 12.1. The first-order valence-electron chi connectivity index (χ1n) is 5.16. The Morgan fingerprint density at radius 2 is 2.12 bits per heavy atom. The second-order valence-corrected chi connectivity index (χ2v) is 4.06. The third-order valence-corrected chi connectivity index (χ3v) is 2.70. The zero-order valence-corrected chi connectivity index (χ0v) is 10.1. The van der Waals surface area contributed by atoms with Gasteiger partial charge in [-0.05, 0) is 17.7 Å². The molecule has 17 heavy (non-hydrogen) atoms. The van der Waals surface area contributed by atoms with Crippen molar-refractivity contribution in [2.45, 2.75) is 12.8 Å². The minimum Gasteiger partial charge on any atom is -0.380 e. The molecule has 4 nitrogen and oxygen atoms in total. The van der Waals surface area contributed by atoms with Crippen molar-refractivity contribution in [3.05, 3.63) is 53.1 Å². The Kier molecular flexibility index (Phi) is 3.78. The molecule has 0 saturated heterocycles. The zero-order valence-electron chi connectivity index (χ0n) is 9.38. The van der Waals surface area contributed by atoms with Gasteiger partial charge in [-0.2, -0.15) is 0 Å². The van der Waals surface area contributed by atoms with Crippen molar-refractivity contribution < 1.29 is 9.84 Å². The molecule has 0 bridgehead atoms. The highest BCUT2D eigenvalue weighted by Gasteiger charge is 2.15. The Bertz CT molecular complexity index is 482. The van der Waals surface area contributed by atoms with E-state index in [0.717, 1.165) is 5.56 Å². The molecule has 1 atom stereocenters. The van der Waals surface area contributed by atoms with Crippen molar-refractivity contribution in [3.8, 4) is 0 Å². The first-order chi connectivity index (χ1) is 8.22. The van der Waals surface area contributed by atoms with Gasteiger partial charge in [-0.15, -0.1) is 0 Å². The number of benzene rings is 1. The van der Waals surface area contributed by atoms with E-state index in [-0.39, 0.29) is 0 Å². The quantitative estimate of drug-likeness (QED) is 0.908. The number of methoxy groups -OCH3 is 1. The summed E-state index contributed by atoms with van der Waals surface area (Å²) in [6, 6.07) is 7.03. The molecular weight excluding hydrogens is 240 g/mol. The van der Waals surface area contributed by atoms with Gasteiger partial charge in [-0.3, -0.25) is 0 Å². The van der Waals surface area contributed by atoms with Crippen LogP contribution in [0.3, 0.4) is 0 Å². The lowest BCUT2D eigenvalue weighted by molar-refractivity contribution is 0.117. The Balaban J connectivity index is 2.26. The maximum atomic E-state index is 10.2. The Morgan fingerprint density at radius 1 is 1.41 bits per heavy atom. The van der Waals surface area contributed by atoms with Gasteiger partial charge in [0, 0.05) is 24.5 Å². The van der Waals surface area contributed by atoms with Crippen LogP contribution < -0.4 is 0 Å². The Morgan fingerprint density at radius 3 is 2.76 bits per heavy atom.